The zero-order chi connectivity index (χ0) is 16.6. The molecule has 24 heavy (non-hydrogen) atoms. The number of benzene rings is 1. The van der Waals surface area contributed by atoms with Gasteiger partial charge in [-0.3, -0.25) is 4.98 Å². The van der Waals surface area contributed by atoms with E-state index < -0.39 is 0 Å². The minimum absolute atomic E-state index is 0.263. The van der Waals surface area contributed by atoms with Gasteiger partial charge in [-0.05, 0) is 47.4 Å². The second-order valence-corrected chi connectivity index (χ2v) is 5.06. The Bertz CT molecular complexity index is 848. The maximum Gasteiger partial charge on any atom is 0.216 e. The number of pyridine rings is 1. The number of hydrogen-bond donors (Lipinski definition) is 2. The lowest BCUT2D eigenvalue weighted by Crippen LogP contribution is -1.99. The smallest absolute Gasteiger partial charge is 0.216 e. The van der Waals surface area contributed by atoms with Crippen molar-refractivity contribution in [1.29, 1.82) is 5.26 Å². The first kappa shape index (κ1) is 15.4. The third kappa shape index (κ3) is 3.81. The minimum atomic E-state index is 0.263. The molecule has 2 heterocycles. The summed E-state index contributed by atoms with van der Waals surface area (Å²) in [5, 5.41) is 25.8. The van der Waals surface area contributed by atoms with Crippen LogP contribution in [0.5, 0.6) is 0 Å². The van der Waals surface area contributed by atoms with Crippen molar-refractivity contribution in [2.45, 2.75) is 12.8 Å². The van der Waals surface area contributed by atoms with Crippen molar-refractivity contribution in [3.63, 3.8) is 0 Å². The zero-order valence-corrected chi connectivity index (χ0v) is 12.8. The van der Waals surface area contributed by atoms with Gasteiger partial charge in [0.25, 0.3) is 0 Å². The summed E-state index contributed by atoms with van der Waals surface area (Å²) in [6.45, 7) is 0. The van der Waals surface area contributed by atoms with Crippen LogP contribution in [0.1, 0.15) is 17.0 Å². The van der Waals surface area contributed by atoms with Crippen LogP contribution >= 0.6 is 0 Å². The molecule has 0 aliphatic heterocycles. The van der Waals surface area contributed by atoms with Crippen LogP contribution in [0, 0.1) is 11.3 Å². The Kier molecular flexibility index (Phi) is 4.90. The first-order chi connectivity index (χ1) is 11.9. The summed E-state index contributed by atoms with van der Waals surface area (Å²) in [6, 6.07) is 14.1. The van der Waals surface area contributed by atoms with Gasteiger partial charge in [0.2, 0.25) is 5.82 Å². The Morgan fingerprint density at radius 3 is 2.75 bits per heavy atom. The van der Waals surface area contributed by atoms with Crippen molar-refractivity contribution in [2.24, 2.45) is 0 Å². The van der Waals surface area contributed by atoms with Gasteiger partial charge in [0.05, 0.1) is 0 Å². The number of rotatable bonds is 6. The molecule has 0 unspecified atom stereocenters. The number of nitrogens with zero attached hydrogens (tertiary/aromatic N) is 5. The molecule has 0 aliphatic rings. The monoisotopic (exact) mass is 317 g/mol. The van der Waals surface area contributed by atoms with E-state index in [1.165, 1.54) is 5.56 Å². The summed E-state index contributed by atoms with van der Waals surface area (Å²) in [4.78, 5) is 4.03. The SMILES string of the molecule is N#CC(=CNc1ccccc1CCc1ccncc1)c1nn[nH]n1. The predicted octanol–water partition coefficient (Wildman–Crippen LogP) is 2.36. The number of hydrogen-bond acceptors (Lipinski definition) is 6. The molecule has 2 aromatic heterocycles. The normalized spacial score (nSPS) is 11.0. The Hall–Kier alpha value is -3.53. The lowest BCUT2D eigenvalue weighted by Gasteiger charge is -2.09. The number of anilines is 1. The topological polar surface area (TPSA) is 103 Å². The molecule has 0 aliphatic carbocycles. The zero-order valence-electron chi connectivity index (χ0n) is 12.8. The second kappa shape index (κ2) is 7.65. The number of tetrazole rings is 1. The molecule has 7 nitrogen and oxygen atoms in total. The predicted molar refractivity (Wildman–Crippen MR) is 89.5 cm³/mol. The highest BCUT2D eigenvalue weighted by atomic mass is 15.5. The van der Waals surface area contributed by atoms with E-state index in [1.54, 1.807) is 18.6 Å². The standard InChI is InChI=1S/C17H15N7/c18-11-15(17-21-23-24-22-17)12-20-16-4-2-1-3-14(16)6-5-13-7-9-19-10-8-13/h1-4,7-10,12,20H,5-6H2,(H,21,22,23,24). The summed E-state index contributed by atoms with van der Waals surface area (Å²) in [7, 11) is 0. The molecule has 2 N–H and O–H groups in total. The highest BCUT2D eigenvalue weighted by Gasteiger charge is 2.06. The van der Waals surface area contributed by atoms with Crippen molar-refractivity contribution in [3.8, 4) is 6.07 Å². The van der Waals surface area contributed by atoms with Gasteiger partial charge in [-0.1, -0.05) is 18.2 Å². The van der Waals surface area contributed by atoms with Crippen molar-refractivity contribution >= 4 is 11.3 Å². The van der Waals surface area contributed by atoms with Gasteiger partial charge in [0, 0.05) is 24.3 Å². The molecule has 0 saturated heterocycles. The molecular formula is C17H15N7. The maximum absolute atomic E-state index is 9.21. The Morgan fingerprint density at radius 1 is 1.17 bits per heavy atom. The summed E-state index contributed by atoms with van der Waals surface area (Å²) in [6.07, 6.45) is 6.99. The molecule has 0 atom stereocenters. The van der Waals surface area contributed by atoms with Crippen LogP contribution in [0.15, 0.2) is 55.0 Å². The number of aromatic nitrogens is 5. The lowest BCUT2D eigenvalue weighted by molar-refractivity contribution is 0.881. The fourth-order valence-electron chi connectivity index (χ4n) is 2.28. The van der Waals surface area contributed by atoms with Crippen LogP contribution in [0.25, 0.3) is 5.57 Å². The lowest BCUT2D eigenvalue weighted by atomic mass is 10.0. The van der Waals surface area contributed by atoms with Crippen LogP contribution in [-0.4, -0.2) is 25.6 Å². The third-order valence-corrected chi connectivity index (χ3v) is 3.53. The molecule has 118 valence electrons. The molecule has 0 amide bonds. The molecule has 0 spiro atoms. The van der Waals surface area contributed by atoms with Gasteiger partial charge in [-0.25, -0.2) is 0 Å². The summed E-state index contributed by atoms with van der Waals surface area (Å²) in [5.74, 6) is 0.263. The van der Waals surface area contributed by atoms with Gasteiger partial charge in [0.1, 0.15) is 11.6 Å². The van der Waals surface area contributed by atoms with Crippen LogP contribution in [-0.2, 0) is 12.8 Å². The molecule has 1 aromatic carbocycles. The first-order valence-electron chi connectivity index (χ1n) is 7.44. The molecule has 3 aromatic rings. The maximum atomic E-state index is 9.21. The minimum Gasteiger partial charge on any atom is -0.360 e. The molecule has 7 heteroatoms. The van der Waals surface area contributed by atoms with E-state index in [4.69, 9.17) is 0 Å². The van der Waals surface area contributed by atoms with Crippen LogP contribution in [0.4, 0.5) is 5.69 Å². The second-order valence-electron chi connectivity index (χ2n) is 5.06. The molecule has 3 rings (SSSR count). The quantitative estimate of drug-likeness (QED) is 0.676. The van der Waals surface area contributed by atoms with E-state index in [9.17, 15) is 5.26 Å². The molecule has 0 saturated carbocycles. The Morgan fingerprint density at radius 2 is 2.00 bits per heavy atom. The largest absolute Gasteiger partial charge is 0.360 e. The van der Waals surface area contributed by atoms with Crippen LogP contribution in [0.2, 0.25) is 0 Å². The Labute approximate surface area is 139 Å². The number of allylic oxidation sites excluding steroid dienone is 1. The van der Waals surface area contributed by atoms with Crippen LogP contribution < -0.4 is 5.32 Å². The number of para-hydroxylation sites is 1. The van der Waals surface area contributed by atoms with Gasteiger partial charge >= 0.3 is 0 Å². The highest BCUT2D eigenvalue weighted by Crippen LogP contribution is 2.18. The molecule has 0 bridgehead atoms. The average molecular weight is 317 g/mol. The highest BCUT2D eigenvalue weighted by molar-refractivity contribution is 5.74. The Balaban J connectivity index is 1.73. The first-order valence-corrected chi connectivity index (χ1v) is 7.44. The van der Waals surface area contributed by atoms with Gasteiger partial charge < -0.3 is 5.32 Å². The molecule has 0 radical (unpaired) electrons. The third-order valence-electron chi connectivity index (χ3n) is 3.53. The fraction of sp³-hybridized carbons (Fsp3) is 0.118. The van der Waals surface area contributed by atoms with E-state index in [0.717, 1.165) is 24.1 Å². The van der Waals surface area contributed by atoms with E-state index in [0.29, 0.717) is 5.57 Å². The van der Waals surface area contributed by atoms with Crippen molar-refractivity contribution in [2.75, 3.05) is 5.32 Å². The van der Waals surface area contributed by atoms with Crippen molar-refractivity contribution < 1.29 is 0 Å². The number of aromatic amines is 1. The number of nitrogens with one attached hydrogen (secondary N) is 2. The number of H-pyrrole nitrogens is 1. The number of aryl methyl sites for hydroxylation is 2. The van der Waals surface area contributed by atoms with Gasteiger partial charge in [-0.2, -0.15) is 10.5 Å². The average Bonchev–Trinajstić information content (AvgIpc) is 3.17. The summed E-state index contributed by atoms with van der Waals surface area (Å²) < 4.78 is 0. The van der Waals surface area contributed by atoms with Crippen molar-refractivity contribution in [3.05, 3.63) is 71.9 Å². The molecular weight excluding hydrogens is 302 g/mol. The van der Waals surface area contributed by atoms with Gasteiger partial charge in [0.15, 0.2) is 0 Å². The van der Waals surface area contributed by atoms with E-state index in [2.05, 4.69) is 43.1 Å². The summed E-state index contributed by atoms with van der Waals surface area (Å²) >= 11 is 0. The van der Waals surface area contributed by atoms with Crippen LogP contribution in [0.3, 0.4) is 0 Å². The van der Waals surface area contributed by atoms with Crippen molar-refractivity contribution in [1.82, 2.24) is 25.6 Å². The van der Waals surface area contributed by atoms with E-state index >= 15 is 0 Å². The summed E-state index contributed by atoms with van der Waals surface area (Å²) in [5.41, 5.74) is 3.66. The number of nitriles is 1. The van der Waals surface area contributed by atoms with E-state index in [-0.39, 0.29) is 5.82 Å². The van der Waals surface area contributed by atoms with E-state index in [1.807, 2.05) is 30.3 Å². The van der Waals surface area contributed by atoms with Gasteiger partial charge in [-0.15, -0.1) is 10.2 Å². The molecule has 0 fully saturated rings. The fourth-order valence-corrected chi connectivity index (χ4v) is 2.28.